The van der Waals surface area contributed by atoms with Gasteiger partial charge in [0.15, 0.2) is 5.78 Å². The van der Waals surface area contributed by atoms with Gasteiger partial charge in [0.2, 0.25) is 11.9 Å². The molecule has 3 N–H and O–H groups in total. The lowest BCUT2D eigenvalue weighted by Crippen LogP contribution is -2.55. The van der Waals surface area contributed by atoms with Crippen LogP contribution in [0.25, 0.3) is 0 Å². The predicted octanol–water partition coefficient (Wildman–Crippen LogP) is 12.8. The average molecular weight is 962 g/mol. The first-order valence-corrected chi connectivity index (χ1v) is 25.2. The highest BCUT2D eigenvalue weighted by molar-refractivity contribution is 9.09. The van der Waals surface area contributed by atoms with Crippen molar-refractivity contribution in [3.63, 3.8) is 0 Å². The molecule has 0 bridgehead atoms. The second kappa shape index (κ2) is 19.6. The third-order valence-corrected chi connectivity index (χ3v) is 20.8. The van der Waals surface area contributed by atoms with Gasteiger partial charge in [0, 0.05) is 11.8 Å². The van der Waals surface area contributed by atoms with Crippen LogP contribution in [-0.2, 0) is 16.1 Å². The number of ketones is 2. The van der Waals surface area contributed by atoms with Crippen LogP contribution < -0.4 is 0 Å². The number of halogens is 3. The van der Waals surface area contributed by atoms with Gasteiger partial charge >= 0.3 is 0 Å². The second-order valence-electron chi connectivity index (χ2n) is 23.4. The van der Waals surface area contributed by atoms with Gasteiger partial charge in [-0.2, -0.15) is 8.78 Å². The molecule has 2 heterocycles. The molecular formula is C53H87BrF2N4O4. The van der Waals surface area contributed by atoms with Crippen molar-refractivity contribution in [3.8, 4) is 0 Å². The summed E-state index contributed by atoms with van der Waals surface area (Å²) in [4.78, 5) is 35.0. The van der Waals surface area contributed by atoms with Gasteiger partial charge in [0.25, 0.3) is 0 Å². The standard InChI is InChI=1S/C25H37FN2O2.C22H35BrO2.C3H3FN2.3CH4/c1-23(30)10-11-24(2)16(12-23)4-5-17-18-6-7-20(25(18,3)9-8-19(17)24)21(29)13-28-14-22(26)27-15-28;1-20(25)10-11-21(2)14(12-20)4-5-15-16-6-7-18(19(24)13-23)22(16,3)9-8-17(15)21;4-3-1-5-2-6-3;;;/h14-20,30H,4-13H2,1-3H3;14-18,25H,4-13H2,1-3H3;1-2H,(H,5,6);3*1H4/t16-,17+,18+,19+,20-,23-,24+,25+;14-,15+,16+,17+,18-,20-,21+,22+;;;;/m11..../s1. The first-order valence-electron chi connectivity index (χ1n) is 24.1. The van der Waals surface area contributed by atoms with E-state index in [0.29, 0.717) is 39.7 Å². The van der Waals surface area contributed by atoms with Crippen molar-refractivity contribution in [3.05, 3.63) is 36.9 Å². The quantitative estimate of drug-likeness (QED) is 0.257. The van der Waals surface area contributed by atoms with Gasteiger partial charge in [-0.15, -0.1) is 0 Å². The number of alkyl halides is 1. The summed E-state index contributed by atoms with van der Waals surface area (Å²) in [7, 11) is 0. The molecule has 8 nitrogen and oxygen atoms in total. The molecule has 16 atom stereocenters. The Hall–Kier alpha value is -1.98. The van der Waals surface area contributed by atoms with Crippen LogP contribution in [0.15, 0.2) is 25.0 Å². The zero-order valence-electron chi connectivity index (χ0n) is 37.9. The Morgan fingerprint density at radius 2 is 1.14 bits per heavy atom. The number of aromatic nitrogens is 4. The van der Waals surface area contributed by atoms with E-state index in [1.807, 2.05) is 13.8 Å². The van der Waals surface area contributed by atoms with E-state index in [2.05, 4.69) is 58.6 Å². The van der Waals surface area contributed by atoms with Gasteiger partial charge in [-0.25, -0.2) is 9.97 Å². The maximum Gasteiger partial charge on any atom is 0.230 e. The van der Waals surface area contributed by atoms with Gasteiger partial charge in [-0.05, 0) is 198 Å². The number of rotatable bonds is 5. The van der Waals surface area contributed by atoms with Gasteiger partial charge in [0.1, 0.15) is 5.78 Å². The Balaban J connectivity index is 0.000000206. The fourth-order valence-electron chi connectivity index (χ4n) is 17.0. The smallest absolute Gasteiger partial charge is 0.230 e. The van der Waals surface area contributed by atoms with Crippen LogP contribution in [-0.4, -0.2) is 57.8 Å². The van der Waals surface area contributed by atoms with E-state index in [4.69, 9.17) is 0 Å². The van der Waals surface area contributed by atoms with Crippen LogP contribution in [0.3, 0.4) is 0 Å². The van der Waals surface area contributed by atoms with Crippen molar-refractivity contribution < 1.29 is 28.6 Å². The summed E-state index contributed by atoms with van der Waals surface area (Å²) in [6.45, 7) is 14.2. The van der Waals surface area contributed by atoms with Crippen molar-refractivity contribution in [2.45, 2.75) is 197 Å². The number of nitrogens with one attached hydrogen (secondary N) is 1. The van der Waals surface area contributed by atoms with Crippen molar-refractivity contribution in [1.29, 1.82) is 0 Å². The number of carbonyl (C=O) groups excluding carboxylic acids is 2. The van der Waals surface area contributed by atoms with Gasteiger partial charge < -0.3 is 19.8 Å². The first-order chi connectivity index (χ1) is 28.7. The molecule has 0 unspecified atom stereocenters. The van der Waals surface area contributed by atoms with E-state index >= 15 is 0 Å². The number of Topliss-reactive ketones (excluding diaryl/α,β-unsaturated/α-hetero) is 2. The Morgan fingerprint density at radius 3 is 1.53 bits per heavy atom. The first kappa shape index (κ1) is 53.0. The fourth-order valence-corrected chi connectivity index (χ4v) is 17.4. The number of hydrogen-bond donors (Lipinski definition) is 3. The minimum absolute atomic E-state index is 0. The largest absolute Gasteiger partial charge is 0.390 e. The summed E-state index contributed by atoms with van der Waals surface area (Å²) in [5.74, 6) is 5.97. The summed E-state index contributed by atoms with van der Waals surface area (Å²) in [6, 6.07) is 0. The predicted molar refractivity (Wildman–Crippen MR) is 256 cm³/mol. The molecule has 11 heteroatoms. The van der Waals surface area contributed by atoms with E-state index < -0.39 is 23.1 Å². The molecule has 0 aromatic carbocycles. The van der Waals surface area contributed by atoms with Gasteiger partial charge in [-0.1, -0.05) is 65.9 Å². The number of aliphatic hydroxyl groups is 2. The minimum Gasteiger partial charge on any atom is -0.390 e. The van der Waals surface area contributed by atoms with Crippen LogP contribution in [0.2, 0.25) is 0 Å². The molecule has 364 valence electrons. The third-order valence-electron chi connectivity index (χ3n) is 20.2. The lowest BCUT2D eigenvalue weighted by atomic mass is 9.44. The molecule has 8 fully saturated rings. The maximum atomic E-state index is 13.2. The summed E-state index contributed by atoms with van der Waals surface area (Å²) >= 11 is 3.43. The van der Waals surface area contributed by atoms with Crippen molar-refractivity contribution in [2.24, 2.45) is 80.8 Å². The zero-order chi connectivity index (χ0) is 43.8. The van der Waals surface area contributed by atoms with E-state index in [-0.39, 0.29) is 57.3 Å². The molecule has 0 spiro atoms. The summed E-state index contributed by atoms with van der Waals surface area (Å²) in [5.41, 5.74) is 0.168. The number of nitrogens with zero attached hydrogens (tertiary/aromatic N) is 3. The second-order valence-corrected chi connectivity index (χ2v) is 24.0. The number of imidazole rings is 2. The SMILES string of the molecule is C.C.C.C[C@@]1(O)CC[C@@]2(C)[C@H](CC[C@@H]3[C@@H]2CC[C@]2(C)[C@@H](C(=O)CBr)CC[C@@H]32)C1.C[C@@]1(O)CC[C@@]2(C)[C@H](CC[C@@H]3[C@@H]2CC[C@]2(C)[C@@H](C(=O)Cn4cnc(F)c4)CC[C@@H]32)C1.Fc1cnc[nH]1. The lowest BCUT2D eigenvalue weighted by Gasteiger charge is -2.61. The van der Waals surface area contributed by atoms with Crippen LogP contribution >= 0.6 is 15.9 Å². The maximum absolute atomic E-state index is 13.2. The number of hydrogen-bond acceptors (Lipinski definition) is 6. The van der Waals surface area contributed by atoms with E-state index in [1.165, 1.54) is 76.6 Å². The summed E-state index contributed by atoms with van der Waals surface area (Å²) in [6.07, 6.45) is 25.9. The highest BCUT2D eigenvalue weighted by atomic mass is 79.9. The highest BCUT2D eigenvalue weighted by Gasteiger charge is 2.63. The van der Waals surface area contributed by atoms with Crippen molar-refractivity contribution >= 4 is 27.5 Å². The number of aromatic amines is 1. The summed E-state index contributed by atoms with van der Waals surface area (Å²) in [5, 5.41) is 21.8. The van der Waals surface area contributed by atoms with Crippen LogP contribution in [0.4, 0.5) is 8.78 Å². The van der Waals surface area contributed by atoms with E-state index in [1.54, 1.807) is 4.57 Å². The highest BCUT2D eigenvalue weighted by Crippen LogP contribution is 2.70. The Morgan fingerprint density at radius 1 is 0.672 bits per heavy atom. The molecule has 0 amide bonds. The molecule has 0 aliphatic heterocycles. The summed E-state index contributed by atoms with van der Waals surface area (Å²) < 4.78 is 26.4. The van der Waals surface area contributed by atoms with Gasteiger partial charge in [0.05, 0.1) is 48.1 Å². The fraction of sp³-hybridized carbons (Fsp3) is 0.849. The Labute approximate surface area is 394 Å². The lowest BCUT2D eigenvalue weighted by molar-refractivity contribution is -0.151. The molecule has 0 radical (unpaired) electrons. The van der Waals surface area contributed by atoms with Gasteiger partial charge in [-0.3, -0.25) is 9.59 Å². The third kappa shape index (κ3) is 9.54. The Bertz CT molecular complexity index is 1890. The minimum atomic E-state index is -0.518. The van der Waals surface area contributed by atoms with Crippen molar-refractivity contribution in [2.75, 3.05) is 5.33 Å². The zero-order valence-corrected chi connectivity index (χ0v) is 39.5. The monoisotopic (exact) mass is 961 g/mol. The molecular weight excluding hydrogens is 875 g/mol. The number of carbonyl (C=O) groups is 2. The number of fused-ring (bicyclic) bond motifs is 10. The molecule has 2 aromatic rings. The number of H-pyrrole nitrogens is 1. The van der Waals surface area contributed by atoms with Crippen molar-refractivity contribution in [1.82, 2.24) is 19.5 Å². The Kier molecular flexibility index (Phi) is 16.2. The molecule has 2 aromatic heterocycles. The van der Waals surface area contributed by atoms with Crippen LogP contribution in [0, 0.1) is 92.7 Å². The average Bonchev–Trinajstić information content (AvgIpc) is 4.01. The van der Waals surface area contributed by atoms with Crippen LogP contribution in [0.1, 0.15) is 179 Å². The van der Waals surface area contributed by atoms with Crippen LogP contribution in [0.5, 0.6) is 0 Å². The molecule has 10 rings (SSSR count). The molecule has 8 aliphatic rings. The topological polar surface area (TPSA) is 121 Å². The molecule has 0 saturated heterocycles. The molecule has 8 saturated carbocycles. The molecule has 8 aliphatic carbocycles. The van der Waals surface area contributed by atoms with E-state index in [0.717, 1.165) is 93.6 Å². The molecule has 64 heavy (non-hydrogen) atoms. The van der Waals surface area contributed by atoms with E-state index in [9.17, 15) is 28.6 Å². The normalized spacial score (nSPS) is 44.9.